The van der Waals surface area contributed by atoms with Gasteiger partial charge in [0, 0.05) is 12.1 Å². The minimum atomic E-state index is -0.00325. The number of benzene rings is 1. The van der Waals surface area contributed by atoms with Crippen molar-refractivity contribution in [1.29, 1.82) is 0 Å². The average molecular weight is 357 g/mol. The molecule has 1 heterocycles. The monoisotopic (exact) mass is 357 g/mol. The summed E-state index contributed by atoms with van der Waals surface area (Å²) in [6, 6.07) is 7.90. The van der Waals surface area contributed by atoms with Crippen LogP contribution in [0.5, 0.6) is 0 Å². The van der Waals surface area contributed by atoms with Crippen molar-refractivity contribution in [1.82, 2.24) is 15.5 Å². The summed E-state index contributed by atoms with van der Waals surface area (Å²) < 4.78 is 5.61. The third-order valence-electron chi connectivity index (χ3n) is 4.19. The summed E-state index contributed by atoms with van der Waals surface area (Å²) in [4.78, 5) is 11.9. The number of hydrogen-bond donors (Lipinski definition) is 1. The zero-order valence-corrected chi connectivity index (χ0v) is 15.3. The Morgan fingerprint density at radius 2 is 2.08 bits per heavy atom. The number of carbonyl (C=O) groups excluding carboxylic acids is 1. The number of aryl methyl sites for hydroxylation is 1. The second-order valence-electron chi connectivity index (χ2n) is 6.24. The van der Waals surface area contributed by atoms with Crippen molar-refractivity contribution in [2.45, 2.75) is 44.3 Å². The van der Waals surface area contributed by atoms with Crippen molar-refractivity contribution in [2.75, 3.05) is 12.3 Å². The Bertz CT molecular complexity index is 737. The molecule has 25 heavy (non-hydrogen) atoms. The highest BCUT2D eigenvalue weighted by Crippen LogP contribution is 2.23. The van der Waals surface area contributed by atoms with Gasteiger partial charge in [0.1, 0.15) is 0 Å². The Morgan fingerprint density at radius 1 is 1.24 bits per heavy atom. The lowest BCUT2D eigenvalue weighted by Crippen LogP contribution is -2.26. The fourth-order valence-corrected chi connectivity index (χ4v) is 3.35. The molecule has 1 aromatic carbocycles. The second kappa shape index (κ2) is 8.85. The third kappa shape index (κ3) is 5.46. The first kappa shape index (κ1) is 17.7. The van der Waals surface area contributed by atoms with E-state index in [1.165, 1.54) is 48.6 Å². The SMILES string of the molecule is Cc1ccc(-c2nnc(SCC(=O)NCCC3=CCCCC3)o2)cc1. The molecule has 0 saturated heterocycles. The summed E-state index contributed by atoms with van der Waals surface area (Å²) in [7, 11) is 0. The molecule has 1 amide bonds. The summed E-state index contributed by atoms with van der Waals surface area (Å²) >= 11 is 1.27. The van der Waals surface area contributed by atoms with E-state index >= 15 is 0 Å². The lowest BCUT2D eigenvalue weighted by molar-refractivity contribution is -0.118. The van der Waals surface area contributed by atoms with E-state index in [9.17, 15) is 4.79 Å². The molecule has 1 aliphatic rings. The molecule has 1 aliphatic carbocycles. The second-order valence-corrected chi connectivity index (χ2v) is 7.16. The first-order valence-corrected chi connectivity index (χ1v) is 9.67. The summed E-state index contributed by atoms with van der Waals surface area (Å²) in [6.07, 6.45) is 8.19. The van der Waals surface area contributed by atoms with Crippen molar-refractivity contribution in [3.8, 4) is 11.5 Å². The van der Waals surface area contributed by atoms with Crippen LogP contribution in [0.1, 0.15) is 37.7 Å². The van der Waals surface area contributed by atoms with Gasteiger partial charge in [-0.2, -0.15) is 0 Å². The fourth-order valence-electron chi connectivity index (χ4n) is 2.75. The average Bonchev–Trinajstić information content (AvgIpc) is 3.10. The summed E-state index contributed by atoms with van der Waals surface area (Å²) in [5.74, 6) is 0.762. The number of amides is 1. The lowest BCUT2D eigenvalue weighted by atomic mass is 9.97. The molecule has 0 fully saturated rings. The van der Waals surface area contributed by atoms with E-state index in [0.717, 1.165) is 12.0 Å². The van der Waals surface area contributed by atoms with Crippen LogP contribution in [0.4, 0.5) is 0 Å². The minimum absolute atomic E-state index is 0.00325. The predicted octanol–water partition coefficient (Wildman–Crippen LogP) is 4.14. The molecule has 0 aliphatic heterocycles. The Morgan fingerprint density at radius 3 is 2.84 bits per heavy atom. The molecule has 6 heteroatoms. The number of carbonyl (C=O) groups is 1. The minimum Gasteiger partial charge on any atom is -0.411 e. The normalized spacial score (nSPS) is 14.2. The van der Waals surface area contributed by atoms with E-state index in [0.29, 0.717) is 17.7 Å². The number of aromatic nitrogens is 2. The number of allylic oxidation sites excluding steroid dienone is 1. The van der Waals surface area contributed by atoms with Gasteiger partial charge >= 0.3 is 0 Å². The molecule has 0 spiro atoms. The standard InChI is InChI=1S/C19H23N3O2S/c1-14-7-9-16(10-8-14)18-21-22-19(24-18)25-13-17(23)20-12-11-15-5-3-2-4-6-15/h5,7-10H,2-4,6,11-13H2,1H3,(H,20,23). The van der Waals surface area contributed by atoms with E-state index in [1.54, 1.807) is 0 Å². The molecule has 0 radical (unpaired) electrons. The molecule has 132 valence electrons. The van der Waals surface area contributed by atoms with Gasteiger partial charge in [0.05, 0.1) is 5.75 Å². The molecule has 0 bridgehead atoms. The van der Waals surface area contributed by atoms with Crippen LogP contribution in [-0.4, -0.2) is 28.4 Å². The largest absolute Gasteiger partial charge is 0.411 e. The zero-order chi connectivity index (χ0) is 17.5. The highest BCUT2D eigenvalue weighted by atomic mass is 32.2. The molecule has 2 aromatic rings. The van der Waals surface area contributed by atoms with E-state index in [4.69, 9.17) is 4.42 Å². The number of nitrogens with one attached hydrogen (secondary N) is 1. The van der Waals surface area contributed by atoms with Crippen molar-refractivity contribution in [3.05, 3.63) is 41.5 Å². The van der Waals surface area contributed by atoms with Gasteiger partial charge in [-0.05, 0) is 51.2 Å². The van der Waals surface area contributed by atoms with E-state index in [1.807, 2.05) is 31.2 Å². The van der Waals surface area contributed by atoms with Crippen LogP contribution in [0.2, 0.25) is 0 Å². The number of hydrogen-bond acceptors (Lipinski definition) is 5. The van der Waals surface area contributed by atoms with E-state index in [-0.39, 0.29) is 11.7 Å². The summed E-state index contributed by atoms with van der Waals surface area (Å²) in [5, 5.41) is 11.4. The van der Waals surface area contributed by atoms with Crippen LogP contribution in [0, 0.1) is 6.92 Å². The van der Waals surface area contributed by atoms with Gasteiger partial charge in [0.15, 0.2) is 0 Å². The molecule has 0 atom stereocenters. The van der Waals surface area contributed by atoms with E-state index < -0.39 is 0 Å². The molecule has 0 saturated carbocycles. The molecule has 1 N–H and O–H groups in total. The third-order valence-corrected chi connectivity index (χ3v) is 5.00. The molecular formula is C19H23N3O2S. The highest BCUT2D eigenvalue weighted by Gasteiger charge is 2.11. The predicted molar refractivity (Wildman–Crippen MR) is 99.4 cm³/mol. The lowest BCUT2D eigenvalue weighted by Gasteiger charge is -2.12. The van der Waals surface area contributed by atoms with Gasteiger partial charge in [0.2, 0.25) is 11.8 Å². The fraction of sp³-hybridized carbons (Fsp3) is 0.421. The Hall–Kier alpha value is -2.08. The maximum Gasteiger partial charge on any atom is 0.277 e. The molecular weight excluding hydrogens is 334 g/mol. The zero-order valence-electron chi connectivity index (χ0n) is 14.5. The molecule has 0 unspecified atom stereocenters. The van der Waals surface area contributed by atoms with Crippen LogP contribution in [0.3, 0.4) is 0 Å². The molecule has 1 aromatic heterocycles. The maximum absolute atomic E-state index is 11.9. The van der Waals surface area contributed by atoms with Crippen LogP contribution in [0.15, 0.2) is 45.6 Å². The van der Waals surface area contributed by atoms with Crippen molar-refractivity contribution >= 4 is 17.7 Å². The van der Waals surface area contributed by atoms with Crippen LogP contribution < -0.4 is 5.32 Å². The topological polar surface area (TPSA) is 68.0 Å². The number of nitrogens with zero attached hydrogens (tertiary/aromatic N) is 2. The Balaban J connectivity index is 1.41. The van der Waals surface area contributed by atoms with Gasteiger partial charge < -0.3 is 9.73 Å². The van der Waals surface area contributed by atoms with Crippen molar-refractivity contribution in [2.24, 2.45) is 0 Å². The van der Waals surface area contributed by atoms with Gasteiger partial charge in [-0.25, -0.2) is 0 Å². The quantitative estimate of drug-likeness (QED) is 0.596. The first-order chi connectivity index (χ1) is 12.2. The van der Waals surface area contributed by atoms with Crippen molar-refractivity contribution in [3.63, 3.8) is 0 Å². The van der Waals surface area contributed by atoms with Crippen molar-refractivity contribution < 1.29 is 9.21 Å². The van der Waals surface area contributed by atoms with Crippen LogP contribution in [0.25, 0.3) is 11.5 Å². The van der Waals surface area contributed by atoms with Crippen LogP contribution >= 0.6 is 11.8 Å². The molecule has 3 rings (SSSR count). The van der Waals surface area contributed by atoms with Gasteiger partial charge in [0.25, 0.3) is 5.22 Å². The first-order valence-electron chi connectivity index (χ1n) is 8.68. The van der Waals surface area contributed by atoms with Gasteiger partial charge in [-0.3, -0.25) is 4.79 Å². The van der Waals surface area contributed by atoms with Crippen LogP contribution in [-0.2, 0) is 4.79 Å². The number of thioether (sulfide) groups is 1. The van der Waals surface area contributed by atoms with Gasteiger partial charge in [-0.15, -0.1) is 10.2 Å². The van der Waals surface area contributed by atoms with Gasteiger partial charge in [-0.1, -0.05) is 41.1 Å². The maximum atomic E-state index is 11.9. The highest BCUT2D eigenvalue weighted by molar-refractivity contribution is 7.99. The molecule has 5 nitrogen and oxygen atoms in total. The van der Waals surface area contributed by atoms with E-state index in [2.05, 4.69) is 21.6 Å². The smallest absolute Gasteiger partial charge is 0.277 e. The Labute approximate surface area is 152 Å². The summed E-state index contributed by atoms with van der Waals surface area (Å²) in [5.41, 5.74) is 3.53. The number of rotatable bonds is 7. The Kier molecular flexibility index (Phi) is 6.28. The summed E-state index contributed by atoms with van der Waals surface area (Å²) in [6.45, 7) is 2.73.